The summed E-state index contributed by atoms with van der Waals surface area (Å²) in [7, 11) is 0. The summed E-state index contributed by atoms with van der Waals surface area (Å²) in [6.45, 7) is 6.60. The summed E-state index contributed by atoms with van der Waals surface area (Å²) in [6.07, 6.45) is 0.772. The molecule has 7 heteroatoms. The van der Waals surface area contributed by atoms with E-state index in [1.165, 1.54) is 0 Å². The maximum atomic E-state index is 10.2. The Bertz CT molecular complexity index is 264. The Morgan fingerprint density at radius 2 is 1.53 bits per heavy atom. The van der Waals surface area contributed by atoms with E-state index in [0.717, 1.165) is 0 Å². The molecule has 0 atom stereocenters. The topological polar surface area (TPSA) is 118 Å². The van der Waals surface area contributed by atoms with Gasteiger partial charge in [-0.25, -0.2) is 0 Å². The van der Waals surface area contributed by atoms with Crippen LogP contribution in [-0.2, 0) is 14.4 Å². The van der Waals surface area contributed by atoms with E-state index in [-0.39, 0.29) is 57.8 Å². The first-order valence-electron chi connectivity index (χ1n) is 4.64. The van der Waals surface area contributed by atoms with Gasteiger partial charge in [0, 0.05) is 5.57 Å². The molecule has 0 aromatic carbocycles. The van der Waals surface area contributed by atoms with Crippen LogP contribution in [0.25, 0.3) is 0 Å². The summed E-state index contributed by atoms with van der Waals surface area (Å²) in [5.41, 5.74) is 5.09. The van der Waals surface area contributed by atoms with Crippen molar-refractivity contribution in [1.82, 2.24) is 0 Å². The average Bonchev–Trinajstić information content (AvgIpc) is 2.13. The first-order valence-corrected chi connectivity index (χ1v) is 4.64. The van der Waals surface area contributed by atoms with Crippen molar-refractivity contribution >= 4 is 69.2 Å². The van der Waals surface area contributed by atoms with Gasteiger partial charge in [0.05, 0.1) is 0 Å². The van der Waals surface area contributed by atoms with Crippen LogP contribution in [-0.4, -0.2) is 79.4 Å². The second-order valence-electron chi connectivity index (χ2n) is 3.16. The van der Waals surface area contributed by atoms with Crippen LogP contribution in [0.15, 0.2) is 12.2 Å². The maximum absolute atomic E-state index is 10.2. The molecule has 0 heterocycles. The molecule has 0 spiro atoms. The molecule has 0 aliphatic heterocycles. The second kappa shape index (κ2) is 12.2. The molecule has 0 aliphatic carbocycles. The van der Waals surface area contributed by atoms with E-state index >= 15 is 0 Å². The predicted octanol–water partition coefficient (Wildman–Crippen LogP) is -0.0288. The quantitative estimate of drug-likeness (QED) is 0.369. The van der Waals surface area contributed by atoms with Gasteiger partial charge in [-0.2, -0.15) is 0 Å². The van der Waals surface area contributed by atoms with Crippen molar-refractivity contribution < 1.29 is 24.6 Å². The van der Waals surface area contributed by atoms with E-state index in [1.807, 2.05) is 0 Å². The van der Waals surface area contributed by atoms with Gasteiger partial charge in [-0.3, -0.25) is 14.4 Å². The van der Waals surface area contributed by atoms with Gasteiger partial charge in [0.25, 0.3) is 0 Å². The van der Waals surface area contributed by atoms with Gasteiger partial charge in [-0.1, -0.05) is 19.9 Å². The average molecular weight is 271 g/mol. The summed E-state index contributed by atoms with van der Waals surface area (Å²) in [5.74, 6) is -4.18. The molecule has 0 aliphatic rings. The van der Waals surface area contributed by atoms with Gasteiger partial charge in [-0.15, -0.1) is 0 Å². The van der Waals surface area contributed by atoms with E-state index in [2.05, 4.69) is 6.58 Å². The molecule has 0 radical (unpaired) electrons. The third-order valence-electron chi connectivity index (χ3n) is 1.59. The van der Waals surface area contributed by atoms with Gasteiger partial charge in [0.15, 0.2) is 5.92 Å². The van der Waals surface area contributed by atoms with Crippen molar-refractivity contribution in [3.63, 3.8) is 0 Å². The second-order valence-corrected chi connectivity index (χ2v) is 3.16. The molecule has 17 heavy (non-hydrogen) atoms. The third-order valence-corrected chi connectivity index (χ3v) is 1.59. The zero-order valence-electron chi connectivity index (χ0n) is 9.40. The van der Waals surface area contributed by atoms with Crippen LogP contribution in [0.1, 0.15) is 26.7 Å². The van der Waals surface area contributed by atoms with Gasteiger partial charge >= 0.3 is 63.3 Å². The van der Waals surface area contributed by atoms with Gasteiger partial charge in [0.2, 0.25) is 5.91 Å². The van der Waals surface area contributed by atoms with Crippen molar-refractivity contribution in [2.75, 3.05) is 0 Å². The standard InChI is InChI=1S/C6H10O4.C4H7NO.K.H/c1-2-3-4(5(7)8)6(9)10;1-3(2)4(5)6;;/h4H,2-3H2,1H3,(H,7,8)(H,9,10);1H2,2H3,(H2,5,6);;. The normalized spacial score (nSPS) is 8.41. The summed E-state index contributed by atoms with van der Waals surface area (Å²) in [4.78, 5) is 30.1. The molecule has 6 nitrogen and oxygen atoms in total. The van der Waals surface area contributed by atoms with E-state index in [4.69, 9.17) is 15.9 Å². The van der Waals surface area contributed by atoms with Gasteiger partial charge in [-0.05, 0) is 13.3 Å². The molecule has 1 amide bonds. The number of hydrogen-bond donors (Lipinski definition) is 3. The Hall–Kier alpha value is -0.214. The van der Waals surface area contributed by atoms with Crippen LogP contribution in [0.5, 0.6) is 0 Å². The summed E-state index contributed by atoms with van der Waals surface area (Å²) in [5, 5.41) is 16.6. The molecule has 0 saturated heterocycles. The number of carboxylic acids is 2. The Balaban J connectivity index is -0.000000244. The monoisotopic (exact) mass is 271 g/mol. The van der Waals surface area contributed by atoms with Crippen LogP contribution in [0.4, 0.5) is 0 Å². The molecular weight excluding hydrogens is 253 g/mol. The number of carbonyl (C=O) groups excluding carboxylic acids is 1. The van der Waals surface area contributed by atoms with Crippen molar-refractivity contribution in [2.24, 2.45) is 11.7 Å². The van der Waals surface area contributed by atoms with Crippen LogP contribution in [0.2, 0.25) is 0 Å². The summed E-state index contributed by atoms with van der Waals surface area (Å²) >= 11 is 0. The molecule has 0 aromatic rings. The van der Waals surface area contributed by atoms with Crippen LogP contribution in [0, 0.1) is 5.92 Å². The van der Waals surface area contributed by atoms with Gasteiger partial charge in [0.1, 0.15) is 0 Å². The first-order chi connectivity index (χ1) is 7.23. The fourth-order valence-corrected chi connectivity index (χ4v) is 0.641. The third kappa shape index (κ3) is 13.7. The van der Waals surface area contributed by atoms with E-state index in [9.17, 15) is 14.4 Å². The minimum absolute atomic E-state index is 0. The van der Waals surface area contributed by atoms with E-state index in [0.29, 0.717) is 12.0 Å². The number of rotatable bonds is 5. The first kappa shape index (κ1) is 22.0. The SMILES string of the molecule is C=C(C)C(N)=O.CCCC(C(=O)O)C(=O)O.[KH]. The van der Waals surface area contributed by atoms with Crippen molar-refractivity contribution in [3.8, 4) is 0 Å². The van der Waals surface area contributed by atoms with Crippen molar-refractivity contribution in [3.05, 3.63) is 12.2 Å². The number of primary amides is 1. The summed E-state index contributed by atoms with van der Waals surface area (Å²) < 4.78 is 0. The molecule has 0 fully saturated rings. The van der Waals surface area contributed by atoms with Crippen LogP contribution >= 0.6 is 0 Å². The number of nitrogens with two attached hydrogens (primary N) is 1. The summed E-state index contributed by atoms with van der Waals surface area (Å²) in [6, 6.07) is 0. The molecule has 0 aromatic heterocycles. The number of carbonyl (C=O) groups is 3. The van der Waals surface area contributed by atoms with Crippen molar-refractivity contribution in [1.29, 1.82) is 0 Å². The molecule has 0 rings (SSSR count). The zero-order valence-corrected chi connectivity index (χ0v) is 9.40. The Morgan fingerprint density at radius 1 is 1.24 bits per heavy atom. The zero-order chi connectivity index (χ0) is 13.3. The van der Waals surface area contributed by atoms with Gasteiger partial charge < -0.3 is 15.9 Å². The Labute approximate surface area is 143 Å². The number of aliphatic carboxylic acids is 2. The van der Waals surface area contributed by atoms with E-state index in [1.54, 1.807) is 13.8 Å². The predicted molar refractivity (Wildman–Crippen MR) is 64.8 cm³/mol. The van der Waals surface area contributed by atoms with Crippen molar-refractivity contribution in [2.45, 2.75) is 26.7 Å². The number of amides is 1. The van der Waals surface area contributed by atoms with E-state index < -0.39 is 23.8 Å². The molecular formula is C10H18KNO5. The molecule has 0 bridgehead atoms. The number of hydrogen-bond acceptors (Lipinski definition) is 3. The Morgan fingerprint density at radius 3 is 1.59 bits per heavy atom. The van der Waals surface area contributed by atoms with Crippen LogP contribution in [0.3, 0.4) is 0 Å². The molecule has 94 valence electrons. The molecule has 4 N–H and O–H groups in total. The minimum atomic E-state index is -1.26. The molecule has 0 saturated carbocycles. The fraction of sp³-hybridized carbons (Fsp3) is 0.500. The van der Waals surface area contributed by atoms with Crippen LogP contribution < -0.4 is 5.73 Å². The Kier molecular flexibility index (Phi) is 15.9. The molecule has 0 unspecified atom stereocenters. The number of carboxylic acid groups (broad SMARTS) is 2. The fourth-order valence-electron chi connectivity index (χ4n) is 0.641.